The molecule has 0 unspecified atom stereocenters. The minimum absolute atomic E-state index is 0.269. The summed E-state index contributed by atoms with van der Waals surface area (Å²) in [6, 6.07) is 14.5. The molecular formula is C18H15F3O. The molecule has 0 saturated carbocycles. The summed E-state index contributed by atoms with van der Waals surface area (Å²) < 4.78 is 44.6. The molecule has 2 aromatic rings. The van der Waals surface area contributed by atoms with Crippen molar-refractivity contribution in [3.05, 3.63) is 71.3 Å². The van der Waals surface area contributed by atoms with E-state index in [0.717, 1.165) is 5.56 Å². The number of hydrogen-bond donors (Lipinski definition) is 0. The first kappa shape index (κ1) is 14.7. The molecule has 3 rings (SSSR count). The van der Waals surface area contributed by atoms with Crippen LogP contribution in [0.1, 0.15) is 23.1 Å². The summed E-state index contributed by atoms with van der Waals surface area (Å²) in [6.07, 6.45) is -2.02. The van der Waals surface area contributed by atoms with Gasteiger partial charge in [0.15, 0.2) is 0 Å². The molecule has 1 aliphatic carbocycles. The molecule has 0 atom stereocenters. The Bertz CT molecular complexity index is 687. The standard InChI is InChI=1S/C18H15F3O/c19-18(20,21)17-8-4-7-14-11-15(9-10-16(14)17)22-12-13-5-2-1-3-6-13/h1-3,5-6,8-11H,4,7,12H2. The van der Waals surface area contributed by atoms with E-state index in [1.807, 2.05) is 30.3 Å². The molecule has 0 aromatic heterocycles. The smallest absolute Gasteiger partial charge is 0.416 e. The lowest BCUT2D eigenvalue weighted by molar-refractivity contribution is -0.0692. The number of ether oxygens (including phenoxy) is 1. The van der Waals surface area contributed by atoms with E-state index >= 15 is 0 Å². The highest BCUT2D eigenvalue weighted by Gasteiger charge is 2.36. The first-order chi connectivity index (χ1) is 10.5. The maximum atomic E-state index is 13.0. The molecule has 1 nitrogen and oxygen atoms in total. The predicted octanol–water partition coefficient (Wildman–Crippen LogP) is 5.16. The molecule has 0 saturated heterocycles. The third kappa shape index (κ3) is 3.16. The molecule has 4 heteroatoms. The average molecular weight is 304 g/mol. The van der Waals surface area contributed by atoms with E-state index in [9.17, 15) is 13.2 Å². The summed E-state index contributed by atoms with van der Waals surface area (Å²) in [5.41, 5.74) is 1.45. The van der Waals surface area contributed by atoms with Crippen molar-refractivity contribution in [2.24, 2.45) is 0 Å². The molecule has 22 heavy (non-hydrogen) atoms. The molecule has 0 bridgehead atoms. The number of halogens is 3. The Morgan fingerprint density at radius 2 is 1.77 bits per heavy atom. The molecule has 0 fully saturated rings. The summed E-state index contributed by atoms with van der Waals surface area (Å²) in [5, 5.41) is 0. The van der Waals surface area contributed by atoms with E-state index in [1.165, 1.54) is 12.1 Å². The average Bonchev–Trinajstić information content (AvgIpc) is 2.52. The fourth-order valence-electron chi connectivity index (χ4n) is 2.62. The van der Waals surface area contributed by atoms with Crippen molar-refractivity contribution in [2.75, 3.05) is 0 Å². The van der Waals surface area contributed by atoms with Gasteiger partial charge in [-0.05, 0) is 41.7 Å². The summed E-state index contributed by atoms with van der Waals surface area (Å²) in [5.74, 6) is 0.603. The third-order valence-corrected chi connectivity index (χ3v) is 3.68. The number of hydrogen-bond acceptors (Lipinski definition) is 1. The summed E-state index contributed by atoms with van der Waals surface area (Å²) in [6.45, 7) is 0.404. The van der Waals surface area contributed by atoms with Crippen molar-refractivity contribution < 1.29 is 17.9 Å². The van der Waals surface area contributed by atoms with E-state index in [-0.39, 0.29) is 5.56 Å². The van der Waals surface area contributed by atoms with Crippen molar-refractivity contribution in [1.29, 1.82) is 0 Å². The SMILES string of the molecule is FC(F)(F)C1=CCCc2cc(OCc3ccccc3)ccc21. The number of aryl methyl sites for hydroxylation is 1. The van der Waals surface area contributed by atoms with Gasteiger partial charge < -0.3 is 4.74 Å². The van der Waals surface area contributed by atoms with Crippen LogP contribution in [0.25, 0.3) is 5.57 Å². The third-order valence-electron chi connectivity index (χ3n) is 3.68. The number of alkyl halides is 3. The van der Waals surface area contributed by atoms with Crippen LogP contribution in [0.2, 0.25) is 0 Å². The van der Waals surface area contributed by atoms with Gasteiger partial charge in [-0.2, -0.15) is 13.2 Å². The number of allylic oxidation sites excluding steroid dienone is 2. The Labute approximate surface area is 127 Å². The molecule has 0 radical (unpaired) electrons. The van der Waals surface area contributed by atoms with Gasteiger partial charge in [-0.25, -0.2) is 0 Å². The molecule has 0 amide bonds. The van der Waals surface area contributed by atoms with Crippen LogP contribution >= 0.6 is 0 Å². The van der Waals surface area contributed by atoms with Crippen molar-refractivity contribution in [1.82, 2.24) is 0 Å². The first-order valence-electron chi connectivity index (χ1n) is 7.11. The van der Waals surface area contributed by atoms with Crippen LogP contribution in [0, 0.1) is 0 Å². The van der Waals surface area contributed by atoms with Crippen molar-refractivity contribution >= 4 is 5.57 Å². The quantitative estimate of drug-likeness (QED) is 0.761. The largest absolute Gasteiger partial charge is 0.489 e. The van der Waals surface area contributed by atoms with E-state index in [2.05, 4.69) is 0 Å². The zero-order valence-electron chi connectivity index (χ0n) is 11.9. The van der Waals surface area contributed by atoms with Crippen LogP contribution in [0.15, 0.2) is 54.6 Å². The Morgan fingerprint density at radius 1 is 1.00 bits per heavy atom. The van der Waals surface area contributed by atoms with Gasteiger partial charge >= 0.3 is 6.18 Å². The van der Waals surface area contributed by atoms with Gasteiger partial charge in [-0.15, -0.1) is 0 Å². The molecular weight excluding hydrogens is 289 g/mol. The van der Waals surface area contributed by atoms with Gasteiger partial charge in [-0.3, -0.25) is 0 Å². The first-order valence-corrected chi connectivity index (χ1v) is 7.11. The predicted molar refractivity (Wildman–Crippen MR) is 79.6 cm³/mol. The molecule has 0 N–H and O–H groups in total. The highest BCUT2D eigenvalue weighted by molar-refractivity contribution is 5.74. The lowest BCUT2D eigenvalue weighted by atomic mass is 9.90. The lowest BCUT2D eigenvalue weighted by Gasteiger charge is -2.20. The normalized spacial score (nSPS) is 14.2. The number of benzene rings is 2. The van der Waals surface area contributed by atoms with Crippen LogP contribution in [-0.4, -0.2) is 6.18 Å². The molecule has 0 spiro atoms. The molecule has 114 valence electrons. The zero-order valence-corrected chi connectivity index (χ0v) is 11.9. The van der Waals surface area contributed by atoms with Crippen molar-refractivity contribution in [2.45, 2.75) is 25.6 Å². The fraction of sp³-hybridized carbons (Fsp3) is 0.222. The second kappa shape index (κ2) is 5.87. The maximum absolute atomic E-state index is 13.0. The van der Waals surface area contributed by atoms with Gasteiger partial charge in [-0.1, -0.05) is 42.5 Å². The van der Waals surface area contributed by atoms with Gasteiger partial charge in [0.25, 0.3) is 0 Å². The van der Waals surface area contributed by atoms with Crippen molar-refractivity contribution in [3.8, 4) is 5.75 Å². The minimum Gasteiger partial charge on any atom is -0.489 e. The topological polar surface area (TPSA) is 9.23 Å². The Kier molecular flexibility index (Phi) is 3.92. The summed E-state index contributed by atoms with van der Waals surface area (Å²) in [4.78, 5) is 0. The zero-order chi connectivity index (χ0) is 15.6. The monoisotopic (exact) mass is 304 g/mol. The van der Waals surface area contributed by atoms with E-state index in [1.54, 1.807) is 12.1 Å². The second-order valence-electron chi connectivity index (χ2n) is 5.25. The highest BCUT2D eigenvalue weighted by atomic mass is 19.4. The fourth-order valence-corrected chi connectivity index (χ4v) is 2.62. The van der Waals surface area contributed by atoms with Gasteiger partial charge in [0.2, 0.25) is 0 Å². The van der Waals surface area contributed by atoms with Crippen LogP contribution < -0.4 is 4.74 Å². The Morgan fingerprint density at radius 3 is 2.50 bits per heavy atom. The van der Waals surface area contributed by atoms with Gasteiger partial charge in [0, 0.05) is 0 Å². The molecule has 1 aliphatic rings. The van der Waals surface area contributed by atoms with Gasteiger partial charge in [0.05, 0.1) is 5.57 Å². The Hall–Kier alpha value is -2.23. The molecule has 2 aromatic carbocycles. The molecule has 0 heterocycles. The molecule has 0 aliphatic heterocycles. The maximum Gasteiger partial charge on any atom is 0.416 e. The van der Waals surface area contributed by atoms with Crippen LogP contribution in [-0.2, 0) is 13.0 Å². The number of rotatable bonds is 3. The lowest BCUT2D eigenvalue weighted by Crippen LogP contribution is -2.15. The second-order valence-corrected chi connectivity index (χ2v) is 5.25. The van der Waals surface area contributed by atoms with E-state index in [0.29, 0.717) is 30.8 Å². The van der Waals surface area contributed by atoms with Crippen LogP contribution in [0.4, 0.5) is 13.2 Å². The summed E-state index contributed by atoms with van der Waals surface area (Å²) >= 11 is 0. The van der Waals surface area contributed by atoms with Crippen molar-refractivity contribution in [3.63, 3.8) is 0 Å². The van der Waals surface area contributed by atoms with Crippen LogP contribution in [0.3, 0.4) is 0 Å². The number of fused-ring (bicyclic) bond motifs is 1. The van der Waals surface area contributed by atoms with Crippen LogP contribution in [0.5, 0.6) is 5.75 Å². The Balaban J connectivity index is 1.79. The highest BCUT2D eigenvalue weighted by Crippen LogP contribution is 2.39. The summed E-state index contributed by atoms with van der Waals surface area (Å²) in [7, 11) is 0. The van der Waals surface area contributed by atoms with E-state index < -0.39 is 11.7 Å². The minimum atomic E-state index is -4.30. The van der Waals surface area contributed by atoms with E-state index in [4.69, 9.17) is 4.74 Å². The van der Waals surface area contributed by atoms with Gasteiger partial charge in [0.1, 0.15) is 12.4 Å².